The van der Waals surface area contributed by atoms with Crippen LogP contribution >= 0.6 is 11.6 Å². The smallest absolute Gasteiger partial charge is 0.227 e. The largest absolute Gasteiger partial charge is 0.497 e. The zero-order valence-corrected chi connectivity index (χ0v) is 11.4. The monoisotopic (exact) mass is 283 g/mol. The number of rotatable bonds is 4. The van der Waals surface area contributed by atoms with Crippen molar-refractivity contribution in [3.8, 4) is 11.5 Å². The summed E-state index contributed by atoms with van der Waals surface area (Å²) in [5, 5.41) is -0.483. The number of hydrogen-bond acceptors (Lipinski definition) is 4. The van der Waals surface area contributed by atoms with Crippen LogP contribution in [0.15, 0.2) is 18.2 Å². The lowest BCUT2D eigenvalue weighted by molar-refractivity contribution is -0.120. The maximum atomic E-state index is 11.9. The lowest BCUT2D eigenvalue weighted by Gasteiger charge is -2.19. The van der Waals surface area contributed by atoms with Crippen molar-refractivity contribution in [3.63, 3.8) is 0 Å². The summed E-state index contributed by atoms with van der Waals surface area (Å²) in [6.07, 6.45) is 0.136. The molecule has 0 bridgehead atoms. The topological polar surface area (TPSA) is 55.8 Å². The van der Waals surface area contributed by atoms with Gasteiger partial charge in [0.25, 0.3) is 0 Å². The zero-order valence-electron chi connectivity index (χ0n) is 10.7. The highest BCUT2D eigenvalue weighted by atomic mass is 35.5. The molecule has 0 saturated carbocycles. The van der Waals surface area contributed by atoms with E-state index >= 15 is 0 Å². The highest BCUT2D eigenvalue weighted by Crippen LogP contribution is 2.36. The average Bonchev–Trinajstić information content (AvgIpc) is 2.80. The second-order valence-corrected chi connectivity index (χ2v) is 4.62. The molecule has 1 heterocycles. The minimum Gasteiger partial charge on any atom is -0.497 e. The molecule has 0 aromatic heterocycles. The van der Waals surface area contributed by atoms with Crippen LogP contribution in [-0.2, 0) is 9.59 Å². The summed E-state index contributed by atoms with van der Waals surface area (Å²) in [6, 6.07) is 5.16. The Kier molecular flexibility index (Phi) is 3.95. The fraction of sp³-hybridized carbons (Fsp3) is 0.385. The number of ether oxygens (including phenoxy) is 2. The molecule has 1 aliphatic rings. The zero-order chi connectivity index (χ0) is 14.0. The third kappa shape index (κ3) is 2.66. The van der Waals surface area contributed by atoms with Crippen LogP contribution in [0.2, 0.25) is 0 Å². The van der Waals surface area contributed by atoms with Gasteiger partial charge in [0.1, 0.15) is 11.5 Å². The molecule has 1 aromatic rings. The summed E-state index contributed by atoms with van der Waals surface area (Å²) in [5.41, 5.74) is 0.619. The number of carbonyl (C=O) groups is 2. The van der Waals surface area contributed by atoms with Gasteiger partial charge in [-0.1, -0.05) is 0 Å². The molecule has 0 unspecified atom stereocenters. The predicted octanol–water partition coefficient (Wildman–Crippen LogP) is 1.82. The third-order valence-electron chi connectivity index (χ3n) is 3.12. The molecule has 102 valence electrons. The molecule has 1 atom stereocenters. The van der Waals surface area contributed by atoms with E-state index in [0.29, 0.717) is 17.2 Å². The predicted molar refractivity (Wildman–Crippen MR) is 70.9 cm³/mol. The Labute approximate surface area is 116 Å². The number of anilines is 1. The van der Waals surface area contributed by atoms with Crippen molar-refractivity contribution in [1.29, 1.82) is 0 Å². The number of halogens is 1. The Bertz CT molecular complexity index is 517. The molecular formula is C13H14ClNO4. The molecule has 0 aliphatic carbocycles. The van der Waals surface area contributed by atoms with Gasteiger partial charge in [-0.15, -0.1) is 0 Å². The van der Waals surface area contributed by atoms with Crippen molar-refractivity contribution in [2.24, 2.45) is 5.92 Å². The van der Waals surface area contributed by atoms with Crippen LogP contribution in [0.4, 0.5) is 5.69 Å². The molecule has 1 aliphatic heterocycles. The van der Waals surface area contributed by atoms with E-state index in [1.54, 1.807) is 25.3 Å². The van der Waals surface area contributed by atoms with Crippen LogP contribution in [0.5, 0.6) is 11.5 Å². The molecule has 5 nitrogen and oxygen atoms in total. The Morgan fingerprint density at radius 3 is 2.63 bits per heavy atom. The summed E-state index contributed by atoms with van der Waals surface area (Å²) >= 11 is 5.45. The lowest BCUT2D eigenvalue weighted by atomic mass is 10.1. The molecule has 1 amide bonds. The Hall–Kier alpha value is -1.75. The third-order valence-corrected chi connectivity index (χ3v) is 3.43. The van der Waals surface area contributed by atoms with Crippen molar-refractivity contribution >= 4 is 28.4 Å². The maximum absolute atomic E-state index is 11.9. The van der Waals surface area contributed by atoms with Gasteiger partial charge in [0.15, 0.2) is 0 Å². The second kappa shape index (κ2) is 5.48. The van der Waals surface area contributed by atoms with E-state index in [4.69, 9.17) is 21.1 Å². The number of hydrogen-bond donors (Lipinski definition) is 0. The van der Waals surface area contributed by atoms with Crippen molar-refractivity contribution in [1.82, 2.24) is 0 Å². The molecule has 0 N–H and O–H groups in total. The van der Waals surface area contributed by atoms with Gasteiger partial charge in [-0.05, 0) is 23.7 Å². The fourth-order valence-electron chi connectivity index (χ4n) is 2.10. The Balaban J connectivity index is 2.31. The second-order valence-electron chi connectivity index (χ2n) is 4.25. The Morgan fingerprint density at radius 2 is 2.11 bits per heavy atom. The van der Waals surface area contributed by atoms with E-state index in [-0.39, 0.29) is 18.9 Å². The summed E-state index contributed by atoms with van der Waals surface area (Å²) < 4.78 is 10.4. The van der Waals surface area contributed by atoms with Crippen LogP contribution < -0.4 is 14.4 Å². The molecule has 0 spiro atoms. The van der Waals surface area contributed by atoms with Gasteiger partial charge in [0, 0.05) is 19.0 Å². The first-order valence-corrected chi connectivity index (χ1v) is 6.16. The molecule has 1 aromatic carbocycles. The van der Waals surface area contributed by atoms with E-state index < -0.39 is 11.2 Å². The first-order valence-electron chi connectivity index (χ1n) is 5.78. The normalized spacial score (nSPS) is 18.6. The molecule has 1 fully saturated rings. The minimum absolute atomic E-state index is 0.136. The van der Waals surface area contributed by atoms with Gasteiger partial charge < -0.3 is 14.4 Å². The first kappa shape index (κ1) is 13.7. The quantitative estimate of drug-likeness (QED) is 0.791. The van der Waals surface area contributed by atoms with Gasteiger partial charge in [0.2, 0.25) is 11.1 Å². The van der Waals surface area contributed by atoms with Crippen molar-refractivity contribution in [2.75, 3.05) is 25.7 Å². The molecule has 0 radical (unpaired) electrons. The van der Waals surface area contributed by atoms with E-state index in [1.165, 1.54) is 12.0 Å². The number of nitrogens with zero attached hydrogens (tertiary/aromatic N) is 1. The van der Waals surface area contributed by atoms with Crippen LogP contribution in [-0.4, -0.2) is 31.9 Å². The number of amides is 1. The average molecular weight is 284 g/mol. The van der Waals surface area contributed by atoms with Crippen LogP contribution in [0.3, 0.4) is 0 Å². The maximum Gasteiger partial charge on any atom is 0.227 e. The summed E-state index contributed by atoms with van der Waals surface area (Å²) in [5.74, 6) is 0.566. The van der Waals surface area contributed by atoms with Crippen molar-refractivity contribution < 1.29 is 19.1 Å². The highest BCUT2D eigenvalue weighted by Gasteiger charge is 2.35. The first-order chi connectivity index (χ1) is 9.06. The number of benzene rings is 1. The summed E-state index contributed by atoms with van der Waals surface area (Å²) in [4.78, 5) is 24.6. The van der Waals surface area contributed by atoms with E-state index in [2.05, 4.69) is 0 Å². The molecule has 2 rings (SSSR count). The molecular weight excluding hydrogens is 270 g/mol. The summed E-state index contributed by atoms with van der Waals surface area (Å²) in [7, 11) is 3.07. The van der Waals surface area contributed by atoms with Crippen molar-refractivity contribution in [3.05, 3.63) is 18.2 Å². The van der Waals surface area contributed by atoms with Gasteiger partial charge in [0.05, 0.1) is 25.8 Å². The number of carbonyl (C=O) groups excluding carboxylic acids is 2. The van der Waals surface area contributed by atoms with E-state index in [0.717, 1.165) is 0 Å². The SMILES string of the molecule is COc1ccc(N2C[C@H](C(=O)Cl)CC2=O)c(OC)c1. The van der Waals surface area contributed by atoms with Crippen molar-refractivity contribution in [2.45, 2.75) is 6.42 Å². The fourth-order valence-corrected chi connectivity index (χ4v) is 2.25. The van der Waals surface area contributed by atoms with Gasteiger partial charge in [-0.25, -0.2) is 0 Å². The van der Waals surface area contributed by atoms with Crippen LogP contribution in [0.25, 0.3) is 0 Å². The lowest BCUT2D eigenvalue weighted by Crippen LogP contribution is -2.25. The van der Waals surface area contributed by atoms with E-state index in [1.807, 2.05) is 0 Å². The van der Waals surface area contributed by atoms with Gasteiger partial charge >= 0.3 is 0 Å². The molecule has 19 heavy (non-hydrogen) atoms. The van der Waals surface area contributed by atoms with Crippen LogP contribution in [0, 0.1) is 5.92 Å². The molecule has 1 saturated heterocycles. The Morgan fingerprint density at radius 1 is 1.37 bits per heavy atom. The van der Waals surface area contributed by atoms with Crippen LogP contribution in [0.1, 0.15) is 6.42 Å². The standard InChI is InChI=1S/C13H14ClNO4/c1-18-9-3-4-10(11(6-9)19-2)15-7-8(13(14)17)5-12(15)16/h3-4,6,8H,5,7H2,1-2H3/t8-/m1/s1. The van der Waals surface area contributed by atoms with Gasteiger partial charge in [-0.2, -0.15) is 0 Å². The highest BCUT2D eigenvalue weighted by molar-refractivity contribution is 6.64. The summed E-state index contributed by atoms with van der Waals surface area (Å²) in [6.45, 7) is 0.282. The molecule has 6 heteroatoms. The minimum atomic E-state index is -0.483. The number of methoxy groups -OCH3 is 2. The van der Waals surface area contributed by atoms with E-state index in [9.17, 15) is 9.59 Å². The van der Waals surface area contributed by atoms with Gasteiger partial charge in [-0.3, -0.25) is 9.59 Å².